The zero-order valence-corrected chi connectivity index (χ0v) is 17.5. The average Bonchev–Trinajstić information content (AvgIpc) is 2.76. The molecule has 0 atom stereocenters. The largest absolute Gasteiger partial charge is 0.304 e. The number of piperazine rings is 1. The number of anilines is 1. The molecule has 30 heavy (non-hydrogen) atoms. The van der Waals surface area contributed by atoms with E-state index < -0.39 is 0 Å². The zero-order chi connectivity index (χ0) is 20.9. The first-order valence-corrected chi connectivity index (χ1v) is 10.3. The van der Waals surface area contributed by atoms with Gasteiger partial charge < -0.3 is 4.90 Å². The first kappa shape index (κ1) is 20.2. The van der Waals surface area contributed by atoms with Crippen LogP contribution in [0.25, 0.3) is 22.5 Å². The van der Waals surface area contributed by atoms with Gasteiger partial charge in [0, 0.05) is 37.3 Å². The number of hydrogen-bond acceptors (Lipinski definition) is 5. The summed E-state index contributed by atoms with van der Waals surface area (Å²) in [6.07, 6.45) is 0. The highest BCUT2D eigenvalue weighted by atomic mass is 16.2. The standard InChI is InChI=1S/C24H27N5O/c1-18-8-10-20(11-9-18)22-16-21(19-6-4-3-5-7-19)25-24(26-22)27-23(30)17-29-14-12-28(2)13-15-29/h3-11,16H,12-15,17H2,1-2H3,(H,25,26,27,30). The average molecular weight is 402 g/mol. The van der Waals surface area contributed by atoms with Crippen molar-refractivity contribution >= 4 is 11.9 Å². The molecule has 0 aliphatic carbocycles. The van der Waals surface area contributed by atoms with Crippen LogP contribution in [0, 0.1) is 6.92 Å². The van der Waals surface area contributed by atoms with Crippen LogP contribution in [-0.4, -0.2) is 65.4 Å². The van der Waals surface area contributed by atoms with E-state index in [1.165, 1.54) is 5.56 Å². The molecule has 1 amide bonds. The van der Waals surface area contributed by atoms with Gasteiger partial charge in [-0.15, -0.1) is 0 Å². The number of aromatic nitrogens is 2. The molecule has 1 aliphatic rings. The summed E-state index contributed by atoms with van der Waals surface area (Å²) in [4.78, 5) is 26.3. The summed E-state index contributed by atoms with van der Waals surface area (Å²) in [5.41, 5.74) is 4.75. The van der Waals surface area contributed by atoms with Crippen LogP contribution in [0.2, 0.25) is 0 Å². The van der Waals surface area contributed by atoms with Gasteiger partial charge in [0.2, 0.25) is 11.9 Å². The Balaban J connectivity index is 1.59. The maximum absolute atomic E-state index is 12.7. The molecule has 2 heterocycles. The first-order chi connectivity index (χ1) is 14.6. The van der Waals surface area contributed by atoms with Crippen molar-refractivity contribution in [1.82, 2.24) is 19.8 Å². The molecular formula is C24H27N5O. The van der Waals surface area contributed by atoms with Gasteiger partial charge in [-0.3, -0.25) is 15.0 Å². The summed E-state index contributed by atoms with van der Waals surface area (Å²) in [5.74, 6) is 0.255. The molecule has 3 aromatic rings. The molecule has 2 aromatic carbocycles. The molecule has 6 heteroatoms. The molecule has 1 aliphatic heterocycles. The molecular weight excluding hydrogens is 374 g/mol. The predicted molar refractivity (Wildman–Crippen MR) is 120 cm³/mol. The van der Waals surface area contributed by atoms with Gasteiger partial charge in [-0.05, 0) is 20.0 Å². The molecule has 0 saturated carbocycles. The number of carbonyl (C=O) groups excluding carboxylic acids is 1. The number of hydrogen-bond donors (Lipinski definition) is 1. The second kappa shape index (κ2) is 9.15. The topological polar surface area (TPSA) is 61.4 Å². The normalized spacial score (nSPS) is 15.1. The molecule has 0 spiro atoms. The van der Waals surface area contributed by atoms with Crippen molar-refractivity contribution in [3.8, 4) is 22.5 Å². The van der Waals surface area contributed by atoms with Gasteiger partial charge in [-0.2, -0.15) is 0 Å². The summed E-state index contributed by atoms with van der Waals surface area (Å²) in [6.45, 7) is 6.15. The van der Waals surface area contributed by atoms with E-state index in [0.29, 0.717) is 12.5 Å². The minimum Gasteiger partial charge on any atom is -0.304 e. The third-order valence-corrected chi connectivity index (χ3v) is 5.36. The van der Waals surface area contributed by atoms with E-state index in [1.807, 2.05) is 48.5 Å². The highest BCUT2D eigenvalue weighted by Crippen LogP contribution is 2.25. The fourth-order valence-corrected chi connectivity index (χ4v) is 3.51. The van der Waals surface area contributed by atoms with Gasteiger partial charge in [0.1, 0.15) is 0 Å². The third kappa shape index (κ3) is 5.09. The minimum absolute atomic E-state index is 0.0837. The van der Waals surface area contributed by atoms with E-state index in [9.17, 15) is 4.79 Å². The van der Waals surface area contributed by atoms with Crippen LogP contribution in [0.4, 0.5) is 5.95 Å². The van der Waals surface area contributed by atoms with E-state index in [0.717, 1.165) is 48.7 Å². The summed E-state index contributed by atoms with van der Waals surface area (Å²) >= 11 is 0. The lowest BCUT2D eigenvalue weighted by molar-refractivity contribution is -0.117. The first-order valence-electron chi connectivity index (χ1n) is 10.3. The Morgan fingerprint density at radius 1 is 0.900 bits per heavy atom. The highest BCUT2D eigenvalue weighted by molar-refractivity contribution is 5.91. The predicted octanol–water partition coefficient (Wildman–Crippen LogP) is 3.30. The van der Waals surface area contributed by atoms with Crippen LogP contribution < -0.4 is 5.32 Å². The maximum Gasteiger partial charge on any atom is 0.240 e. The molecule has 1 N–H and O–H groups in total. The van der Waals surface area contributed by atoms with Crippen molar-refractivity contribution in [2.75, 3.05) is 45.1 Å². The number of nitrogens with zero attached hydrogens (tertiary/aromatic N) is 4. The molecule has 154 valence electrons. The van der Waals surface area contributed by atoms with Crippen LogP contribution in [0.3, 0.4) is 0 Å². The molecule has 6 nitrogen and oxygen atoms in total. The fraction of sp³-hybridized carbons (Fsp3) is 0.292. The quantitative estimate of drug-likeness (QED) is 0.711. The number of carbonyl (C=O) groups is 1. The Kier molecular flexibility index (Phi) is 6.16. The van der Waals surface area contributed by atoms with Crippen molar-refractivity contribution < 1.29 is 4.79 Å². The van der Waals surface area contributed by atoms with Gasteiger partial charge in [0.15, 0.2) is 0 Å². The van der Waals surface area contributed by atoms with Gasteiger partial charge in [0.25, 0.3) is 0 Å². The lowest BCUT2D eigenvalue weighted by Crippen LogP contribution is -2.47. The summed E-state index contributed by atoms with van der Waals surface area (Å²) in [7, 11) is 2.10. The molecule has 1 aromatic heterocycles. The number of aryl methyl sites for hydroxylation is 1. The van der Waals surface area contributed by atoms with Crippen molar-refractivity contribution in [3.05, 3.63) is 66.2 Å². The lowest BCUT2D eigenvalue weighted by Gasteiger charge is -2.31. The second-order valence-corrected chi connectivity index (χ2v) is 7.82. The smallest absolute Gasteiger partial charge is 0.240 e. The second-order valence-electron chi connectivity index (χ2n) is 7.82. The molecule has 0 bridgehead atoms. The number of rotatable bonds is 5. The van der Waals surface area contributed by atoms with Gasteiger partial charge in [0.05, 0.1) is 17.9 Å². The van der Waals surface area contributed by atoms with E-state index in [4.69, 9.17) is 0 Å². The van der Waals surface area contributed by atoms with E-state index >= 15 is 0 Å². The Morgan fingerprint density at radius 2 is 1.50 bits per heavy atom. The van der Waals surface area contributed by atoms with Crippen LogP contribution in [-0.2, 0) is 4.79 Å². The van der Waals surface area contributed by atoms with Crippen LogP contribution in [0.5, 0.6) is 0 Å². The van der Waals surface area contributed by atoms with Gasteiger partial charge in [-0.25, -0.2) is 9.97 Å². The maximum atomic E-state index is 12.7. The Hall–Kier alpha value is -3.09. The Labute approximate surface area is 177 Å². The fourth-order valence-electron chi connectivity index (χ4n) is 3.51. The van der Waals surface area contributed by atoms with Crippen LogP contribution in [0.15, 0.2) is 60.7 Å². The van der Waals surface area contributed by atoms with Gasteiger partial charge in [-0.1, -0.05) is 60.2 Å². The van der Waals surface area contributed by atoms with Crippen molar-refractivity contribution in [2.45, 2.75) is 6.92 Å². The molecule has 1 fully saturated rings. The molecule has 1 saturated heterocycles. The van der Waals surface area contributed by atoms with Gasteiger partial charge >= 0.3 is 0 Å². The van der Waals surface area contributed by atoms with E-state index in [1.54, 1.807) is 0 Å². The van der Waals surface area contributed by atoms with E-state index in [2.05, 4.69) is 51.2 Å². The monoisotopic (exact) mass is 401 g/mol. The zero-order valence-electron chi connectivity index (χ0n) is 17.5. The van der Waals surface area contributed by atoms with Crippen molar-refractivity contribution in [3.63, 3.8) is 0 Å². The van der Waals surface area contributed by atoms with Crippen molar-refractivity contribution in [2.24, 2.45) is 0 Å². The van der Waals surface area contributed by atoms with E-state index in [-0.39, 0.29) is 5.91 Å². The molecule has 0 unspecified atom stereocenters. The Morgan fingerprint density at radius 3 is 2.13 bits per heavy atom. The Bertz CT molecular complexity index is 996. The van der Waals surface area contributed by atoms with Crippen molar-refractivity contribution in [1.29, 1.82) is 0 Å². The number of nitrogens with one attached hydrogen (secondary N) is 1. The minimum atomic E-state index is -0.0837. The SMILES string of the molecule is Cc1ccc(-c2cc(-c3ccccc3)nc(NC(=O)CN3CCN(C)CC3)n2)cc1. The number of benzene rings is 2. The highest BCUT2D eigenvalue weighted by Gasteiger charge is 2.18. The number of likely N-dealkylation sites (N-methyl/N-ethyl adjacent to an activating group) is 1. The molecule has 4 rings (SSSR count). The summed E-state index contributed by atoms with van der Waals surface area (Å²) in [5, 5.41) is 2.92. The van der Waals surface area contributed by atoms with Crippen LogP contribution in [0.1, 0.15) is 5.56 Å². The third-order valence-electron chi connectivity index (χ3n) is 5.36. The summed E-state index contributed by atoms with van der Waals surface area (Å²) in [6, 6.07) is 20.1. The lowest BCUT2D eigenvalue weighted by atomic mass is 10.1. The molecule has 0 radical (unpaired) electrons. The summed E-state index contributed by atoms with van der Waals surface area (Å²) < 4.78 is 0. The number of amides is 1. The van der Waals surface area contributed by atoms with Crippen LogP contribution >= 0.6 is 0 Å².